The van der Waals surface area contributed by atoms with Crippen molar-refractivity contribution in [2.75, 3.05) is 0 Å². The zero-order valence-corrected chi connectivity index (χ0v) is 5.73. The van der Waals surface area contributed by atoms with Crippen LogP contribution in [0.4, 0.5) is 8.78 Å². The standard InChI is InChI=1S/C6H7F2N2/c1-3-5(6(7)8)4(2)10-9-3/h6H,1-2H3. The Kier molecular flexibility index (Phi) is 1.70. The molecule has 1 radical (unpaired) electrons. The molecule has 55 valence electrons. The summed E-state index contributed by atoms with van der Waals surface area (Å²) in [6.07, 6.45) is -2.45. The summed E-state index contributed by atoms with van der Waals surface area (Å²) >= 11 is 0. The fraction of sp³-hybridized carbons (Fsp3) is 0.500. The van der Waals surface area contributed by atoms with Crippen molar-refractivity contribution in [3.05, 3.63) is 11.3 Å². The molecular formula is C6H7F2N2. The first kappa shape index (κ1) is 7.18. The van der Waals surface area contributed by atoms with Crippen molar-refractivity contribution in [1.29, 1.82) is 0 Å². The minimum Gasteiger partial charge on any atom is -0.205 e. The molecule has 0 aromatic carbocycles. The molecule has 0 atom stereocenters. The Hall–Kier alpha value is -0.930. The second kappa shape index (κ2) is 2.36. The summed E-state index contributed by atoms with van der Waals surface area (Å²) in [5.74, 6) is 0. The van der Waals surface area contributed by atoms with E-state index in [2.05, 4.69) is 10.5 Å². The van der Waals surface area contributed by atoms with Gasteiger partial charge in [0.2, 0.25) is 0 Å². The van der Waals surface area contributed by atoms with Gasteiger partial charge in [-0.1, -0.05) is 0 Å². The molecule has 0 aromatic heterocycles. The molecule has 0 saturated heterocycles. The lowest BCUT2D eigenvalue weighted by atomic mass is 10.1. The fourth-order valence-electron chi connectivity index (χ4n) is 0.835. The molecule has 0 saturated carbocycles. The first-order valence-corrected chi connectivity index (χ1v) is 2.87. The summed E-state index contributed by atoms with van der Waals surface area (Å²) < 4.78 is 24.1. The highest BCUT2D eigenvalue weighted by atomic mass is 19.3. The first-order valence-electron chi connectivity index (χ1n) is 2.87. The van der Waals surface area contributed by atoms with E-state index in [0.29, 0.717) is 11.4 Å². The third-order valence-corrected chi connectivity index (χ3v) is 1.35. The first-order chi connectivity index (χ1) is 4.63. The molecule has 10 heavy (non-hydrogen) atoms. The number of rotatable bonds is 1. The van der Waals surface area contributed by atoms with E-state index < -0.39 is 6.43 Å². The van der Waals surface area contributed by atoms with Crippen LogP contribution in [0.3, 0.4) is 0 Å². The Balaban J connectivity index is 2.90. The summed E-state index contributed by atoms with van der Waals surface area (Å²) in [7, 11) is 0. The van der Waals surface area contributed by atoms with Crippen LogP contribution >= 0.6 is 0 Å². The Labute approximate surface area is 57.6 Å². The molecule has 0 aromatic rings. The fourth-order valence-corrected chi connectivity index (χ4v) is 0.835. The van der Waals surface area contributed by atoms with Gasteiger partial charge in [-0.3, -0.25) is 0 Å². The SMILES string of the molecule is CC1=N[N]C(C)=C1C(F)F. The molecule has 0 spiro atoms. The number of nitrogens with zero attached hydrogens (tertiary/aromatic N) is 2. The van der Waals surface area contributed by atoms with E-state index in [1.807, 2.05) is 0 Å². The quantitative estimate of drug-likeness (QED) is 0.534. The summed E-state index contributed by atoms with van der Waals surface area (Å²) in [6.45, 7) is 3.06. The maximum atomic E-state index is 12.0. The largest absolute Gasteiger partial charge is 0.267 e. The average molecular weight is 145 g/mol. The Morgan fingerprint density at radius 3 is 2.10 bits per heavy atom. The van der Waals surface area contributed by atoms with Crippen molar-refractivity contribution in [2.45, 2.75) is 20.3 Å². The van der Waals surface area contributed by atoms with Gasteiger partial charge in [0.25, 0.3) is 6.43 Å². The number of hydrogen-bond donors (Lipinski definition) is 0. The zero-order valence-electron chi connectivity index (χ0n) is 5.73. The van der Waals surface area contributed by atoms with Crippen molar-refractivity contribution >= 4 is 5.71 Å². The highest BCUT2D eigenvalue weighted by molar-refractivity contribution is 6.00. The van der Waals surface area contributed by atoms with Gasteiger partial charge < -0.3 is 0 Å². The maximum Gasteiger partial charge on any atom is 0.267 e. The van der Waals surface area contributed by atoms with Crippen LogP contribution in [0.5, 0.6) is 0 Å². The molecule has 0 N–H and O–H groups in total. The van der Waals surface area contributed by atoms with E-state index in [0.717, 1.165) is 0 Å². The van der Waals surface area contributed by atoms with Crippen molar-refractivity contribution < 1.29 is 8.78 Å². The van der Waals surface area contributed by atoms with Crippen LogP contribution < -0.4 is 5.43 Å². The molecule has 1 aliphatic rings. The molecule has 0 amide bonds. The van der Waals surface area contributed by atoms with Gasteiger partial charge in [-0.2, -0.15) is 10.5 Å². The number of halogens is 2. The van der Waals surface area contributed by atoms with Crippen LogP contribution in [0.1, 0.15) is 13.8 Å². The predicted octanol–water partition coefficient (Wildman–Crippen LogP) is 1.52. The van der Waals surface area contributed by atoms with E-state index >= 15 is 0 Å². The van der Waals surface area contributed by atoms with E-state index in [1.165, 1.54) is 13.8 Å². The van der Waals surface area contributed by atoms with Crippen LogP contribution in [-0.4, -0.2) is 12.1 Å². The molecule has 1 rings (SSSR count). The van der Waals surface area contributed by atoms with Crippen molar-refractivity contribution in [3.8, 4) is 0 Å². The summed E-state index contributed by atoms with van der Waals surface area (Å²) in [6, 6.07) is 0. The van der Waals surface area contributed by atoms with Gasteiger partial charge >= 0.3 is 0 Å². The lowest BCUT2D eigenvalue weighted by Gasteiger charge is -1.98. The van der Waals surface area contributed by atoms with E-state index in [-0.39, 0.29) is 5.57 Å². The van der Waals surface area contributed by atoms with Gasteiger partial charge in [0, 0.05) is 0 Å². The van der Waals surface area contributed by atoms with Crippen LogP contribution in [-0.2, 0) is 0 Å². The van der Waals surface area contributed by atoms with Gasteiger partial charge in [0.1, 0.15) is 0 Å². The summed E-state index contributed by atoms with van der Waals surface area (Å²) in [5.41, 5.74) is 4.13. The Morgan fingerprint density at radius 2 is 1.90 bits per heavy atom. The third-order valence-electron chi connectivity index (χ3n) is 1.35. The number of alkyl halides is 2. The summed E-state index contributed by atoms with van der Waals surface area (Å²) in [4.78, 5) is 0. The van der Waals surface area contributed by atoms with Crippen LogP contribution in [0, 0.1) is 0 Å². The van der Waals surface area contributed by atoms with Gasteiger partial charge in [-0.25, -0.2) is 8.78 Å². The normalized spacial score (nSPS) is 17.9. The molecule has 1 aliphatic heterocycles. The average Bonchev–Trinajstić information content (AvgIpc) is 2.11. The van der Waals surface area contributed by atoms with Crippen LogP contribution in [0.15, 0.2) is 16.4 Å². The minimum absolute atomic E-state index is 0.0278. The van der Waals surface area contributed by atoms with E-state index in [1.54, 1.807) is 0 Å². The second-order valence-corrected chi connectivity index (χ2v) is 2.09. The molecule has 0 fully saturated rings. The van der Waals surface area contributed by atoms with Crippen molar-refractivity contribution in [1.82, 2.24) is 5.43 Å². The third kappa shape index (κ3) is 1.01. The topological polar surface area (TPSA) is 26.5 Å². The van der Waals surface area contributed by atoms with Crippen molar-refractivity contribution in [2.24, 2.45) is 5.10 Å². The summed E-state index contributed by atoms with van der Waals surface area (Å²) in [5, 5.41) is 3.51. The van der Waals surface area contributed by atoms with Crippen molar-refractivity contribution in [3.63, 3.8) is 0 Å². The molecule has 4 heteroatoms. The Morgan fingerprint density at radius 1 is 1.30 bits per heavy atom. The smallest absolute Gasteiger partial charge is 0.205 e. The second-order valence-electron chi connectivity index (χ2n) is 2.09. The van der Waals surface area contributed by atoms with Crippen LogP contribution in [0.25, 0.3) is 0 Å². The van der Waals surface area contributed by atoms with Crippen LogP contribution in [0.2, 0.25) is 0 Å². The highest BCUT2D eigenvalue weighted by Crippen LogP contribution is 2.18. The molecular weight excluding hydrogens is 138 g/mol. The van der Waals surface area contributed by atoms with Gasteiger partial charge in [-0.15, -0.1) is 0 Å². The Bertz CT molecular complexity index is 206. The highest BCUT2D eigenvalue weighted by Gasteiger charge is 2.22. The van der Waals surface area contributed by atoms with E-state index in [9.17, 15) is 8.78 Å². The lowest BCUT2D eigenvalue weighted by Crippen LogP contribution is -2.05. The van der Waals surface area contributed by atoms with Gasteiger partial charge in [0.05, 0.1) is 17.0 Å². The van der Waals surface area contributed by atoms with E-state index in [4.69, 9.17) is 0 Å². The number of hydrogen-bond acceptors (Lipinski definition) is 1. The number of allylic oxidation sites excluding steroid dienone is 2. The van der Waals surface area contributed by atoms with Gasteiger partial charge in [0.15, 0.2) is 0 Å². The molecule has 0 unspecified atom stereocenters. The molecule has 2 nitrogen and oxygen atoms in total. The lowest BCUT2D eigenvalue weighted by molar-refractivity contribution is 0.196. The monoisotopic (exact) mass is 145 g/mol. The molecule has 1 heterocycles. The zero-order chi connectivity index (χ0) is 7.72. The predicted molar refractivity (Wildman–Crippen MR) is 33.9 cm³/mol. The molecule has 0 aliphatic carbocycles. The van der Waals surface area contributed by atoms with Gasteiger partial charge in [-0.05, 0) is 13.8 Å². The minimum atomic E-state index is -2.45. The maximum absolute atomic E-state index is 12.0. The molecule has 0 bridgehead atoms.